The summed E-state index contributed by atoms with van der Waals surface area (Å²) in [5, 5.41) is 2.13. The lowest BCUT2D eigenvalue weighted by molar-refractivity contribution is 0.105. The van der Waals surface area contributed by atoms with Crippen molar-refractivity contribution in [1.29, 1.82) is 0 Å². The molecule has 2 atom stereocenters. The largest absolute Gasteiger partial charge is 0.382 e. The maximum absolute atomic E-state index is 6.01. The molecule has 0 saturated heterocycles. The average molecular weight is 199 g/mol. The maximum Gasteiger partial charge on any atom is 0.0561 e. The molecule has 13 heavy (non-hydrogen) atoms. The van der Waals surface area contributed by atoms with Gasteiger partial charge in [-0.15, -0.1) is 11.3 Å². The van der Waals surface area contributed by atoms with Crippen LogP contribution in [-0.4, -0.2) is 13.2 Å². The van der Waals surface area contributed by atoms with Crippen LogP contribution in [0.3, 0.4) is 0 Å². The van der Waals surface area contributed by atoms with E-state index in [2.05, 4.69) is 18.4 Å². The Morgan fingerprint density at radius 3 is 2.77 bits per heavy atom. The molecule has 0 aromatic carbocycles. The Kier molecular flexibility index (Phi) is 3.90. The molecule has 1 heterocycles. The van der Waals surface area contributed by atoms with E-state index < -0.39 is 0 Å². The molecule has 3 heteroatoms. The van der Waals surface area contributed by atoms with E-state index in [1.54, 1.807) is 18.4 Å². The van der Waals surface area contributed by atoms with Crippen LogP contribution < -0.4 is 5.73 Å². The molecule has 0 bridgehead atoms. The molecule has 0 amide bonds. The number of methoxy groups -OCH3 is 1. The standard InChI is InChI=1S/C10H17NOS/c1-7(12-3)4-10(11)9-5-8(2)13-6-9/h5-7,10H,4,11H2,1-3H3. The van der Waals surface area contributed by atoms with Crippen molar-refractivity contribution < 1.29 is 4.74 Å². The first-order valence-corrected chi connectivity index (χ1v) is 5.35. The lowest BCUT2D eigenvalue weighted by Crippen LogP contribution is -2.17. The smallest absolute Gasteiger partial charge is 0.0561 e. The molecule has 1 rings (SSSR count). The molecular weight excluding hydrogens is 182 g/mol. The second-order valence-electron chi connectivity index (χ2n) is 3.38. The van der Waals surface area contributed by atoms with Crippen LogP contribution >= 0.6 is 11.3 Å². The summed E-state index contributed by atoms with van der Waals surface area (Å²) in [6, 6.07) is 2.26. The van der Waals surface area contributed by atoms with E-state index in [1.165, 1.54) is 10.4 Å². The summed E-state index contributed by atoms with van der Waals surface area (Å²) in [5.41, 5.74) is 7.24. The van der Waals surface area contributed by atoms with Crippen molar-refractivity contribution in [3.05, 3.63) is 21.9 Å². The highest BCUT2D eigenvalue weighted by Gasteiger charge is 2.11. The molecule has 0 fully saturated rings. The predicted molar refractivity (Wildman–Crippen MR) is 57.1 cm³/mol. The van der Waals surface area contributed by atoms with E-state index in [1.807, 2.05) is 6.92 Å². The monoisotopic (exact) mass is 199 g/mol. The van der Waals surface area contributed by atoms with Crippen molar-refractivity contribution in [2.45, 2.75) is 32.4 Å². The molecule has 0 radical (unpaired) electrons. The summed E-state index contributed by atoms with van der Waals surface area (Å²) >= 11 is 1.75. The van der Waals surface area contributed by atoms with Crippen LogP contribution in [0.1, 0.15) is 29.8 Å². The van der Waals surface area contributed by atoms with Gasteiger partial charge in [0.15, 0.2) is 0 Å². The van der Waals surface area contributed by atoms with Crippen molar-refractivity contribution >= 4 is 11.3 Å². The number of nitrogens with two attached hydrogens (primary N) is 1. The summed E-state index contributed by atoms with van der Waals surface area (Å²) in [7, 11) is 1.72. The van der Waals surface area contributed by atoms with Crippen molar-refractivity contribution in [2.24, 2.45) is 5.73 Å². The van der Waals surface area contributed by atoms with Crippen LogP contribution in [0.15, 0.2) is 11.4 Å². The van der Waals surface area contributed by atoms with Gasteiger partial charge in [-0.1, -0.05) is 0 Å². The lowest BCUT2D eigenvalue weighted by atomic mass is 10.1. The van der Waals surface area contributed by atoms with Gasteiger partial charge in [-0.2, -0.15) is 0 Å². The van der Waals surface area contributed by atoms with Gasteiger partial charge in [0.05, 0.1) is 6.10 Å². The predicted octanol–water partition coefficient (Wildman–Crippen LogP) is 2.48. The molecule has 2 unspecified atom stereocenters. The zero-order chi connectivity index (χ0) is 9.84. The van der Waals surface area contributed by atoms with Crippen LogP contribution in [0, 0.1) is 6.92 Å². The fourth-order valence-electron chi connectivity index (χ4n) is 1.25. The van der Waals surface area contributed by atoms with Crippen molar-refractivity contribution in [3.63, 3.8) is 0 Å². The van der Waals surface area contributed by atoms with E-state index in [0.717, 1.165) is 6.42 Å². The van der Waals surface area contributed by atoms with Crippen LogP contribution in [0.5, 0.6) is 0 Å². The zero-order valence-electron chi connectivity index (χ0n) is 8.41. The Balaban J connectivity index is 2.53. The normalized spacial score (nSPS) is 15.7. The molecule has 2 N–H and O–H groups in total. The van der Waals surface area contributed by atoms with Crippen LogP contribution in [0.2, 0.25) is 0 Å². The zero-order valence-corrected chi connectivity index (χ0v) is 9.23. The number of ether oxygens (including phenoxy) is 1. The summed E-state index contributed by atoms with van der Waals surface area (Å²) in [6.07, 6.45) is 1.11. The van der Waals surface area contributed by atoms with Gasteiger partial charge in [-0.25, -0.2) is 0 Å². The van der Waals surface area contributed by atoms with E-state index >= 15 is 0 Å². The van der Waals surface area contributed by atoms with Gasteiger partial charge in [0.2, 0.25) is 0 Å². The van der Waals surface area contributed by atoms with Crippen molar-refractivity contribution in [2.75, 3.05) is 7.11 Å². The van der Waals surface area contributed by atoms with Gasteiger partial charge in [0, 0.05) is 18.0 Å². The highest BCUT2D eigenvalue weighted by atomic mass is 32.1. The SMILES string of the molecule is COC(C)CC(N)c1csc(C)c1. The van der Waals surface area contributed by atoms with E-state index in [9.17, 15) is 0 Å². The van der Waals surface area contributed by atoms with Gasteiger partial charge in [0.25, 0.3) is 0 Å². The second kappa shape index (κ2) is 4.74. The lowest BCUT2D eigenvalue weighted by Gasteiger charge is -2.14. The number of rotatable bonds is 4. The number of hydrogen-bond acceptors (Lipinski definition) is 3. The molecule has 74 valence electrons. The third kappa shape index (κ3) is 3.10. The number of aryl methyl sites for hydroxylation is 1. The van der Waals surface area contributed by atoms with Gasteiger partial charge >= 0.3 is 0 Å². The minimum Gasteiger partial charge on any atom is -0.382 e. The summed E-state index contributed by atoms with van der Waals surface area (Å²) < 4.78 is 5.17. The van der Waals surface area contributed by atoms with Gasteiger partial charge in [0.1, 0.15) is 0 Å². The molecule has 0 saturated carbocycles. The van der Waals surface area contributed by atoms with Crippen molar-refractivity contribution in [3.8, 4) is 0 Å². The van der Waals surface area contributed by atoms with E-state index in [4.69, 9.17) is 10.5 Å². The van der Waals surface area contributed by atoms with Gasteiger partial charge in [-0.05, 0) is 37.3 Å². The molecule has 1 aromatic rings. The topological polar surface area (TPSA) is 35.2 Å². The Bertz CT molecular complexity index is 259. The first kappa shape index (κ1) is 10.7. The Morgan fingerprint density at radius 2 is 2.31 bits per heavy atom. The van der Waals surface area contributed by atoms with Crippen LogP contribution in [0.25, 0.3) is 0 Å². The molecule has 0 aliphatic rings. The fraction of sp³-hybridized carbons (Fsp3) is 0.600. The average Bonchev–Trinajstić information content (AvgIpc) is 2.51. The first-order chi connectivity index (χ1) is 6.13. The molecule has 2 nitrogen and oxygen atoms in total. The highest BCUT2D eigenvalue weighted by Crippen LogP contribution is 2.22. The molecule has 0 spiro atoms. The van der Waals surface area contributed by atoms with Gasteiger partial charge < -0.3 is 10.5 Å². The first-order valence-electron chi connectivity index (χ1n) is 4.47. The Morgan fingerprint density at radius 1 is 1.62 bits per heavy atom. The third-order valence-electron chi connectivity index (χ3n) is 2.17. The van der Waals surface area contributed by atoms with E-state index in [-0.39, 0.29) is 12.1 Å². The quantitative estimate of drug-likeness (QED) is 0.808. The van der Waals surface area contributed by atoms with E-state index in [0.29, 0.717) is 0 Å². The molecule has 0 aliphatic carbocycles. The summed E-state index contributed by atoms with van der Waals surface area (Å²) in [6.45, 7) is 4.14. The molecule has 1 aromatic heterocycles. The highest BCUT2D eigenvalue weighted by molar-refractivity contribution is 7.10. The minimum atomic E-state index is 0.111. The summed E-state index contributed by atoms with van der Waals surface area (Å²) in [4.78, 5) is 1.32. The molecular formula is C10H17NOS. The molecule has 0 aliphatic heterocycles. The Labute approximate surface area is 83.7 Å². The number of hydrogen-bond donors (Lipinski definition) is 1. The minimum absolute atomic E-state index is 0.111. The van der Waals surface area contributed by atoms with Crippen LogP contribution in [-0.2, 0) is 4.74 Å². The number of thiophene rings is 1. The van der Waals surface area contributed by atoms with Gasteiger partial charge in [-0.3, -0.25) is 0 Å². The maximum atomic E-state index is 6.01. The fourth-order valence-corrected chi connectivity index (χ4v) is 2.02. The third-order valence-corrected chi connectivity index (χ3v) is 3.05. The van der Waals surface area contributed by atoms with Crippen molar-refractivity contribution in [1.82, 2.24) is 0 Å². The Hall–Kier alpha value is -0.380. The summed E-state index contributed by atoms with van der Waals surface area (Å²) in [5.74, 6) is 0. The second-order valence-corrected chi connectivity index (χ2v) is 4.49. The van der Waals surface area contributed by atoms with Crippen LogP contribution in [0.4, 0.5) is 0 Å².